The van der Waals surface area contributed by atoms with Crippen LogP contribution in [0.25, 0.3) is 0 Å². The van der Waals surface area contributed by atoms with Crippen LogP contribution in [0.15, 0.2) is 30.3 Å². The van der Waals surface area contributed by atoms with Crippen LogP contribution in [0.2, 0.25) is 0 Å². The first-order chi connectivity index (χ1) is 10.2. The van der Waals surface area contributed by atoms with E-state index in [1.807, 2.05) is 6.92 Å². The molecule has 0 radical (unpaired) electrons. The maximum atomic E-state index is 10.5. The Labute approximate surface area is 127 Å². The fourth-order valence-electron chi connectivity index (χ4n) is 3.30. The first-order valence-electron chi connectivity index (χ1n) is 8.05. The number of piperidine rings is 1. The second-order valence-corrected chi connectivity index (χ2v) is 6.34. The molecule has 2 aliphatic heterocycles. The lowest BCUT2D eigenvalue weighted by atomic mass is 9.95. The quantitative estimate of drug-likeness (QED) is 0.887. The van der Waals surface area contributed by atoms with Crippen LogP contribution in [0.5, 0.6) is 0 Å². The third-order valence-electron chi connectivity index (χ3n) is 4.97. The van der Waals surface area contributed by atoms with Crippen LogP contribution in [-0.4, -0.2) is 49.1 Å². The molecular weight excluding hydrogens is 264 g/mol. The van der Waals surface area contributed by atoms with Crippen LogP contribution in [-0.2, 0) is 4.74 Å². The molecule has 2 aliphatic rings. The van der Waals surface area contributed by atoms with Gasteiger partial charge in [0.05, 0.1) is 6.10 Å². The molecule has 1 aromatic carbocycles. The highest BCUT2D eigenvalue weighted by Gasteiger charge is 2.39. The van der Waals surface area contributed by atoms with Gasteiger partial charge in [-0.3, -0.25) is 0 Å². The Bertz CT molecular complexity index is 445. The second kappa shape index (κ2) is 6.34. The number of ether oxygens (including phenoxy) is 1. The molecule has 2 heterocycles. The molecule has 2 atom stereocenters. The predicted molar refractivity (Wildman–Crippen MR) is 84.7 cm³/mol. The van der Waals surface area contributed by atoms with Gasteiger partial charge in [-0.25, -0.2) is 0 Å². The molecule has 0 amide bonds. The number of anilines is 1. The Hall–Kier alpha value is -1.10. The normalized spacial score (nSPS) is 30.8. The molecule has 2 fully saturated rings. The van der Waals surface area contributed by atoms with Gasteiger partial charge in [0.25, 0.3) is 0 Å². The van der Waals surface area contributed by atoms with Crippen LogP contribution in [0.4, 0.5) is 5.69 Å². The van der Waals surface area contributed by atoms with Crippen molar-refractivity contribution in [2.75, 3.05) is 31.1 Å². The van der Waals surface area contributed by atoms with Crippen LogP contribution < -0.4 is 10.2 Å². The van der Waals surface area contributed by atoms with E-state index in [1.165, 1.54) is 5.69 Å². The lowest BCUT2D eigenvalue weighted by Crippen LogP contribution is -2.51. The molecule has 3 rings (SSSR count). The largest absolute Gasteiger partial charge is 0.386 e. The molecular formula is C17H26N2O2. The molecule has 0 bridgehead atoms. The third-order valence-corrected chi connectivity index (χ3v) is 4.97. The summed E-state index contributed by atoms with van der Waals surface area (Å²) < 4.78 is 5.48. The van der Waals surface area contributed by atoms with E-state index in [0.29, 0.717) is 19.2 Å². The molecule has 21 heavy (non-hydrogen) atoms. The number of hydrogen-bond donors (Lipinski definition) is 2. The minimum atomic E-state index is -0.684. The zero-order valence-corrected chi connectivity index (χ0v) is 12.8. The third kappa shape index (κ3) is 3.39. The van der Waals surface area contributed by atoms with E-state index < -0.39 is 5.60 Å². The summed E-state index contributed by atoms with van der Waals surface area (Å²) >= 11 is 0. The Morgan fingerprint density at radius 3 is 2.62 bits per heavy atom. The highest BCUT2D eigenvalue weighted by Crippen LogP contribution is 2.26. The maximum Gasteiger partial charge on any atom is 0.105 e. The van der Waals surface area contributed by atoms with Gasteiger partial charge < -0.3 is 20.1 Å². The molecule has 4 heteroatoms. The van der Waals surface area contributed by atoms with Crippen molar-refractivity contribution in [3.05, 3.63) is 30.3 Å². The minimum Gasteiger partial charge on any atom is -0.386 e. The zero-order chi connectivity index (χ0) is 14.7. The van der Waals surface area contributed by atoms with Gasteiger partial charge in [0.2, 0.25) is 0 Å². The fraction of sp³-hybridized carbons (Fsp3) is 0.647. The van der Waals surface area contributed by atoms with E-state index in [2.05, 4.69) is 40.5 Å². The van der Waals surface area contributed by atoms with E-state index in [4.69, 9.17) is 4.74 Å². The zero-order valence-electron chi connectivity index (χ0n) is 12.8. The van der Waals surface area contributed by atoms with Gasteiger partial charge in [0.15, 0.2) is 0 Å². The number of benzene rings is 1. The molecule has 0 spiro atoms. The Balaban J connectivity index is 1.46. The van der Waals surface area contributed by atoms with E-state index in [1.54, 1.807) is 0 Å². The molecule has 2 unspecified atom stereocenters. The Morgan fingerprint density at radius 2 is 2.00 bits per heavy atom. The average Bonchev–Trinajstić information content (AvgIpc) is 2.87. The minimum absolute atomic E-state index is 0.0607. The summed E-state index contributed by atoms with van der Waals surface area (Å²) in [6, 6.07) is 11.1. The second-order valence-electron chi connectivity index (χ2n) is 6.34. The number of aliphatic hydroxyl groups is 1. The number of nitrogens with zero attached hydrogens (tertiary/aromatic N) is 1. The summed E-state index contributed by atoms with van der Waals surface area (Å²) in [5.74, 6) is 0. The van der Waals surface area contributed by atoms with Crippen molar-refractivity contribution in [3.63, 3.8) is 0 Å². The maximum absolute atomic E-state index is 10.5. The SMILES string of the molecule is CC1OCCC1(O)CNC1CCN(c2ccccc2)CC1. The van der Waals surface area contributed by atoms with E-state index in [-0.39, 0.29) is 6.10 Å². The van der Waals surface area contributed by atoms with Crippen molar-refractivity contribution in [1.82, 2.24) is 5.32 Å². The van der Waals surface area contributed by atoms with Gasteiger partial charge in [-0.15, -0.1) is 0 Å². The topological polar surface area (TPSA) is 44.7 Å². The fourth-order valence-corrected chi connectivity index (χ4v) is 3.30. The smallest absolute Gasteiger partial charge is 0.105 e. The molecule has 2 N–H and O–H groups in total. The predicted octanol–water partition coefficient (Wildman–Crippen LogP) is 1.78. The van der Waals surface area contributed by atoms with Crippen molar-refractivity contribution < 1.29 is 9.84 Å². The molecule has 116 valence electrons. The summed E-state index contributed by atoms with van der Waals surface area (Å²) in [6.07, 6.45) is 2.93. The van der Waals surface area contributed by atoms with Crippen LogP contribution in [0.1, 0.15) is 26.2 Å². The average molecular weight is 290 g/mol. The number of rotatable bonds is 4. The highest BCUT2D eigenvalue weighted by atomic mass is 16.5. The summed E-state index contributed by atoms with van der Waals surface area (Å²) in [5.41, 5.74) is 0.628. The molecule has 2 saturated heterocycles. The Kier molecular flexibility index (Phi) is 4.48. The standard InChI is InChI=1S/C17H26N2O2/c1-14-17(20,9-12-21-14)13-18-15-7-10-19(11-8-15)16-5-3-2-4-6-16/h2-6,14-15,18,20H,7-13H2,1H3. The number of nitrogens with one attached hydrogen (secondary N) is 1. The van der Waals surface area contributed by atoms with Gasteiger partial charge in [-0.2, -0.15) is 0 Å². The molecule has 0 saturated carbocycles. The van der Waals surface area contributed by atoms with E-state index in [9.17, 15) is 5.11 Å². The summed E-state index contributed by atoms with van der Waals surface area (Å²) in [7, 11) is 0. The van der Waals surface area contributed by atoms with Gasteiger partial charge in [-0.1, -0.05) is 18.2 Å². The highest BCUT2D eigenvalue weighted by molar-refractivity contribution is 5.46. The van der Waals surface area contributed by atoms with E-state index in [0.717, 1.165) is 32.4 Å². The monoisotopic (exact) mass is 290 g/mol. The van der Waals surface area contributed by atoms with E-state index >= 15 is 0 Å². The van der Waals surface area contributed by atoms with Crippen molar-refractivity contribution in [1.29, 1.82) is 0 Å². The number of hydrogen-bond acceptors (Lipinski definition) is 4. The van der Waals surface area contributed by atoms with Crippen LogP contribution in [0.3, 0.4) is 0 Å². The molecule has 4 nitrogen and oxygen atoms in total. The van der Waals surface area contributed by atoms with Gasteiger partial charge in [0, 0.05) is 44.4 Å². The van der Waals surface area contributed by atoms with Gasteiger partial charge >= 0.3 is 0 Å². The summed E-state index contributed by atoms with van der Waals surface area (Å²) in [5, 5.41) is 14.1. The van der Waals surface area contributed by atoms with Gasteiger partial charge in [-0.05, 0) is 31.9 Å². The van der Waals surface area contributed by atoms with Crippen molar-refractivity contribution in [3.8, 4) is 0 Å². The summed E-state index contributed by atoms with van der Waals surface area (Å²) in [4.78, 5) is 2.44. The summed E-state index contributed by atoms with van der Waals surface area (Å²) in [6.45, 7) is 5.43. The lowest BCUT2D eigenvalue weighted by Gasteiger charge is -2.36. The van der Waals surface area contributed by atoms with Crippen molar-refractivity contribution in [2.24, 2.45) is 0 Å². The molecule has 1 aromatic rings. The van der Waals surface area contributed by atoms with Crippen molar-refractivity contribution >= 4 is 5.69 Å². The molecule has 0 aliphatic carbocycles. The van der Waals surface area contributed by atoms with Crippen LogP contribution in [0, 0.1) is 0 Å². The van der Waals surface area contributed by atoms with Crippen molar-refractivity contribution in [2.45, 2.75) is 43.9 Å². The number of para-hydroxylation sites is 1. The Morgan fingerprint density at radius 1 is 1.29 bits per heavy atom. The molecule has 0 aromatic heterocycles. The first kappa shape index (κ1) is 14.8. The first-order valence-corrected chi connectivity index (χ1v) is 8.05. The van der Waals surface area contributed by atoms with Crippen LogP contribution >= 0.6 is 0 Å². The van der Waals surface area contributed by atoms with Gasteiger partial charge in [0.1, 0.15) is 5.60 Å². The lowest BCUT2D eigenvalue weighted by molar-refractivity contribution is -0.0280.